The summed E-state index contributed by atoms with van der Waals surface area (Å²) in [5.74, 6) is -2.30. The van der Waals surface area contributed by atoms with Crippen LogP contribution in [0.3, 0.4) is 0 Å². The minimum atomic E-state index is -1.16. The zero-order valence-corrected chi connectivity index (χ0v) is 17.8. The Bertz CT molecular complexity index is 1220. The van der Waals surface area contributed by atoms with Crippen molar-refractivity contribution >= 4 is 34.7 Å². The van der Waals surface area contributed by atoms with Crippen LogP contribution in [0.5, 0.6) is 5.75 Å². The summed E-state index contributed by atoms with van der Waals surface area (Å²) in [7, 11) is 0. The number of aliphatic hydroxyl groups is 1. The van der Waals surface area contributed by atoms with Crippen molar-refractivity contribution in [3.8, 4) is 5.75 Å². The van der Waals surface area contributed by atoms with E-state index in [1.165, 1.54) is 23.1 Å². The minimum Gasteiger partial charge on any atom is -0.507 e. The zero-order valence-electron chi connectivity index (χ0n) is 17.1. The van der Waals surface area contributed by atoms with Crippen LogP contribution in [0.4, 0.5) is 10.1 Å². The molecule has 0 saturated carbocycles. The number of carbonyl (C=O) groups excluding carboxylic acids is 2. The molecule has 32 heavy (non-hydrogen) atoms. The SMILES string of the molecule is CCOc1cccc(/C(O)=C2/C(=O)C(=O)N(c3ccc(Cl)cc3)C2c2ccccc2F)c1. The summed E-state index contributed by atoms with van der Waals surface area (Å²) < 4.78 is 20.3. The Labute approximate surface area is 189 Å². The fraction of sp³-hybridized carbons (Fsp3) is 0.120. The molecule has 1 unspecified atom stereocenters. The van der Waals surface area contributed by atoms with Crippen molar-refractivity contribution in [2.24, 2.45) is 0 Å². The fourth-order valence-electron chi connectivity index (χ4n) is 3.75. The van der Waals surface area contributed by atoms with Gasteiger partial charge >= 0.3 is 0 Å². The summed E-state index contributed by atoms with van der Waals surface area (Å²) in [6.45, 7) is 2.24. The molecule has 1 amide bonds. The molecule has 0 spiro atoms. The van der Waals surface area contributed by atoms with E-state index in [1.807, 2.05) is 6.92 Å². The maximum atomic E-state index is 14.9. The van der Waals surface area contributed by atoms with Gasteiger partial charge in [-0.05, 0) is 49.4 Å². The van der Waals surface area contributed by atoms with Crippen LogP contribution in [-0.2, 0) is 9.59 Å². The standard InChI is InChI=1S/C25H19ClFNO4/c1-2-32-18-7-5-6-15(14-18)23(29)21-22(19-8-3-4-9-20(19)27)28(25(31)24(21)30)17-12-10-16(26)11-13-17/h3-14,22,29H,2H2,1H3/b23-21-. The number of ketones is 1. The molecule has 1 saturated heterocycles. The molecule has 5 nitrogen and oxygen atoms in total. The number of carbonyl (C=O) groups is 2. The molecule has 0 radical (unpaired) electrons. The first-order chi connectivity index (χ1) is 15.4. The van der Waals surface area contributed by atoms with Gasteiger partial charge in [0.05, 0.1) is 18.2 Å². The maximum Gasteiger partial charge on any atom is 0.300 e. The second-order valence-electron chi connectivity index (χ2n) is 7.13. The molecule has 3 aromatic rings. The molecule has 1 aliphatic rings. The molecule has 1 N–H and O–H groups in total. The minimum absolute atomic E-state index is 0.0872. The van der Waals surface area contributed by atoms with Crippen molar-refractivity contribution in [2.45, 2.75) is 13.0 Å². The van der Waals surface area contributed by atoms with Gasteiger partial charge in [0.25, 0.3) is 11.7 Å². The third-order valence-corrected chi connectivity index (χ3v) is 5.42. The Morgan fingerprint density at radius 1 is 1.06 bits per heavy atom. The number of ether oxygens (including phenoxy) is 1. The van der Waals surface area contributed by atoms with Gasteiger partial charge in [0.1, 0.15) is 17.3 Å². The molecule has 0 aromatic heterocycles. The van der Waals surface area contributed by atoms with E-state index in [-0.39, 0.29) is 16.7 Å². The van der Waals surface area contributed by atoms with Gasteiger partial charge in [0.2, 0.25) is 0 Å². The molecular weight excluding hydrogens is 433 g/mol. The number of hydrogen-bond acceptors (Lipinski definition) is 4. The van der Waals surface area contributed by atoms with E-state index in [2.05, 4.69) is 0 Å². The van der Waals surface area contributed by atoms with Crippen LogP contribution in [0.15, 0.2) is 78.4 Å². The van der Waals surface area contributed by atoms with Crippen molar-refractivity contribution in [3.05, 3.63) is 100 Å². The monoisotopic (exact) mass is 451 g/mol. The van der Waals surface area contributed by atoms with Gasteiger partial charge < -0.3 is 9.84 Å². The maximum absolute atomic E-state index is 14.9. The molecule has 3 aromatic carbocycles. The Morgan fingerprint density at radius 3 is 2.47 bits per heavy atom. The molecule has 7 heteroatoms. The van der Waals surface area contributed by atoms with Crippen LogP contribution in [-0.4, -0.2) is 23.4 Å². The van der Waals surface area contributed by atoms with E-state index in [9.17, 15) is 19.1 Å². The van der Waals surface area contributed by atoms with Crippen LogP contribution in [0.1, 0.15) is 24.1 Å². The topological polar surface area (TPSA) is 66.8 Å². The first kappa shape index (κ1) is 21.6. The summed E-state index contributed by atoms with van der Waals surface area (Å²) in [5.41, 5.74) is 0.520. The largest absolute Gasteiger partial charge is 0.507 e. The van der Waals surface area contributed by atoms with Crippen LogP contribution in [0.25, 0.3) is 5.76 Å². The number of halogens is 2. The quantitative estimate of drug-likeness (QED) is 0.316. The highest BCUT2D eigenvalue weighted by molar-refractivity contribution is 6.51. The van der Waals surface area contributed by atoms with Crippen molar-refractivity contribution in [1.29, 1.82) is 0 Å². The zero-order chi connectivity index (χ0) is 22.8. The number of hydrogen-bond donors (Lipinski definition) is 1. The molecule has 0 bridgehead atoms. The van der Waals surface area contributed by atoms with Crippen LogP contribution in [0.2, 0.25) is 5.02 Å². The summed E-state index contributed by atoms with van der Waals surface area (Å²) >= 11 is 5.97. The molecule has 1 atom stereocenters. The van der Waals surface area contributed by atoms with Crippen LogP contribution in [0, 0.1) is 5.82 Å². The predicted octanol–water partition coefficient (Wildman–Crippen LogP) is 5.50. The van der Waals surface area contributed by atoms with E-state index in [1.54, 1.807) is 54.6 Å². The molecule has 1 aliphatic heterocycles. The van der Waals surface area contributed by atoms with Gasteiger partial charge in [-0.1, -0.05) is 41.9 Å². The second kappa shape index (κ2) is 8.85. The highest BCUT2D eigenvalue weighted by Gasteiger charge is 2.47. The molecule has 1 fully saturated rings. The van der Waals surface area contributed by atoms with E-state index in [4.69, 9.17) is 16.3 Å². The lowest BCUT2D eigenvalue weighted by Crippen LogP contribution is -2.29. The average Bonchev–Trinajstić information content (AvgIpc) is 3.05. The van der Waals surface area contributed by atoms with Gasteiger partial charge in [-0.2, -0.15) is 0 Å². The second-order valence-corrected chi connectivity index (χ2v) is 7.56. The molecular formula is C25H19ClFNO4. The lowest BCUT2D eigenvalue weighted by molar-refractivity contribution is -0.132. The summed E-state index contributed by atoms with van der Waals surface area (Å²) in [5, 5.41) is 11.6. The Morgan fingerprint density at radius 2 is 1.78 bits per heavy atom. The van der Waals surface area contributed by atoms with Crippen LogP contribution >= 0.6 is 11.6 Å². The molecule has 4 rings (SSSR count). The van der Waals surface area contributed by atoms with E-state index >= 15 is 0 Å². The van der Waals surface area contributed by atoms with E-state index < -0.39 is 29.3 Å². The Kier molecular flexibility index (Phi) is 5.97. The number of amides is 1. The van der Waals surface area contributed by atoms with Gasteiger partial charge in [-0.25, -0.2) is 4.39 Å². The number of aliphatic hydroxyl groups excluding tert-OH is 1. The third-order valence-electron chi connectivity index (χ3n) is 5.17. The summed E-state index contributed by atoms with van der Waals surface area (Å²) in [6.07, 6.45) is 0. The number of nitrogens with zero attached hydrogens (tertiary/aromatic N) is 1. The number of rotatable bonds is 5. The highest BCUT2D eigenvalue weighted by atomic mass is 35.5. The van der Waals surface area contributed by atoms with Crippen molar-refractivity contribution in [2.75, 3.05) is 11.5 Å². The van der Waals surface area contributed by atoms with Gasteiger partial charge in [-0.15, -0.1) is 0 Å². The van der Waals surface area contributed by atoms with Crippen molar-refractivity contribution < 1.29 is 23.8 Å². The Hall–Kier alpha value is -3.64. The predicted molar refractivity (Wildman–Crippen MR) is 120 cm³/mol. The average molecular weight is 452 g/mol. The van der Waals surface area contributed by atoms with Crippen molar-refractivity contribution in [3.63, 3.8) is 0 Å². The normalized spacial score (nSPS) is 17.6. The number of Topliss-reactive ketones (excluding diaryl/α,β-unsaturated/α-hetero) is 1. The number of benzene rings is 3. The van der Waals surface area contributed by atoms with Crippen molar-refractivity contribution in [1.82, 2.24) is 0 Å². The Balaban J connectivity index is 1.94. The van der Waals surface area contributed by atoms with Gasteiger partial charge in [0, 0.05) is 21.8 Å². The molecule has 0 aliphatic carbocycles. The summed E-state index contributed by atoms with van der Waals surface area (Å²) in [4.78, 5) is 27.3. The first-order valence-electron chi connectivity index (χ1n) is 9.96. The summed E-state index contributed by atoms with van der Waals surface area (Å²) in [6, 6.07) is 17.5. The lowest BCUT2D eigenvalue weighted by atomic mass is 9.94. The fourth-order valence-corrected chi connectivity index (χ4v) is 3.87. The molecule has 162 valence electrons. The van der Waals surface area contributed by atoms with E-state index in [0.29, 0.717) is 23.1 Å². The number of anilines is 1. The third kappa shape index (κ3) is 3.85. The first-order valence-corrected chi connectivity index (χ1v) is 10.3. The van der Waals surface area contributed by atoms with Crippen LogP contribution < -0.4 is 9.64 Å². The van der Waals surface area contributed by atoms with Gasteiger partial charge in [0.15, 0.2) is 0 Å². The van der Waals surface area contributed by atoms with E-state index in [0.717, 1.165) is 0 Å². The smallest absolute Gasteiger partial charge is 0.300 e. The van der Waals surface area contributed by atoms with Gasteiger partial charge in [-0.3, -0.25) is 14.5 Å². The molecule has 1 heterocycles. The lowest BCUT2D eigenvalue weighted by Gasteiger charge is -2.25. The highest BCUT2D eigenvalue weighted by Crippen LogP contribution is 2.43.